The van der Waals surface area contributed by atoms with Crippen LogP contribution < -0.4 is 10.1 Å². The second-order valence-electron chi connectivity index (χ2n) is 5.01. The summed E-state index contributed by atoms with van der Waals surface area (Å²) in [6.07, 6.45) is 1.02. The zero-order chi connectivity index (χ0) is 13.9. The summed E-state index contributed by atoms with van der Waals surface area (Å²) >= 11 is 3.49. The largest absolute Gasteiger partial charge is 0.493 e. The van der Waals surface area contributed by atoms with Crippen molar-refractivity contribution in [3.63, 3.8) is 0 Å². The Morgan fingerprint density at radius 2 is 1.90 bits per heavy atom. The van der Waals surface area contributed by atoms with Gasteiger partial charge in [0.25, 0.3) is 0 Å². The molecule has 0 saturated carbocycles. The van der Waals surface area contributed by atoms with Crippen molar-refractivity contribution in [3.8, 4) is 5.75 Å². The Bertz CT molecular complexity index is 594. The van der Waals surface area contributed by atoms with Crippen molar-refractivity contribution in [2.45, 2.75) is 19.4 Å². The molecule has 3 rings (SSSR count). The molecule has 1 unspecified atom stereocenters. The van der Waals surface area contributed by atoms with Crippen molar-refractivity contribution in [1.82, 2.24) is 5.32 Å². The van der Waals surface area contributed by atoms with Crippen LogP contribution in [-0.4, -0.2) is 13.2 Å². The SMILES string of the molecule is CCNC(c1ccc(Br)cc1)c1ccc2c(c1)CCO2. The molecule has 104 valence electrons. The second-order valence-corrected chi connectivity index (χ2v) is 5.92. The van der Waals surface area contributed by atoms with Gasteiger partial charge >= 0.3 is 0 Å². The molecule has 1 atom stereocenters. The van der Waals surface area contributed by atoms with E-state index in [4.69, 9.17) is 4.74 Å². The predicted molar refractivity (Wildman–Crippen MR) is 85.3 cm³/mol. The van der Waals surface area contributed by atoms with Gasteiger partial charge in [0.1, 0.15) is 5.75 Å². The fourth-order valence-corrected chi connectivity index (χ4v) is 2.94. The summed E-state index contributed by atoms with van der Waals surface area (Å²) in [7, 11) is 0. The summed E-state index contributed by atoms with van der Waals surface area (Å²) in [6.45, 7) is 3.89. The highest BCUT2D eigenvalue weighted by molar-refractivity contribution is 9.10. The third kappa shape index (κ3) is 2.74. The first-order valence-corrected chi connectivity index (χ1v) is 7.81. The van der Waals surface area contributed by atoms with Gasteiger partial charge in [0.2, 0.25) is 0 Å². The van der Waals surface area contributed by atoms with E-state index in [1.807, 2.05) is 0 Å². The minimum absolute atomic E-state index is 0.235. The van der Waals surface area contributed by atoms with Crippen LogP contribution in [0.1, 0.15) is 29.7 Å². The van der Waals surface area contributed by atoms with Crippen molar-refractivity contribution in [1.29, 1.82) is 0 Å². The number of hydrogen-bond acceptors (Lipinski definition) is 2. The second kappa shape index (κ2) is 5.98. The van der Waals surface area contributed by atoms with Crippen LogP contribution in [0.2, 0.25) is 0 Å². The van der Waals surface area contributed by atoms with Gasteiger partial charge in [0, 0.05) is 10.9 Å². The van der Waals surface area contributed by atoms with Gasteiger partial charge in [-0.05, 0) is 41.4 Å². The van der Waals surface area contributed by atoms with Gasteiger partial charge in [0.05, 0.1) is 12.6 Å². The molecule has 2 nitrogen and oxygen atoms in total. The summed E-state index contributed by atoms with van der Waals surface area (Å²) < 4.78 is 6.70. The molecule has 0 spiro atoms. The van der Waals surface area contributed by atoms with Crippen molar-refractivity contribution in [2.75, 3.05) is 13.2 Å². The van der Waals surface area contributed by atoms with Crippen LogP contribution >= 0.6 is 15.9 Å². The van der Waals surface area contributed by atoms with Crippen LogP contribution in [0.15, 0.2) is 46.9 Å². The van der Waals surface area contributed by atoms with Crippen LogP contribution in [0.3, 0.4) is 0 Å². The van der Waals surface area contributed by atoms with Crippen LogP contribution in [0.5, 0.6) is 5.75 Å². The lowest BCUT2D eigenvalue weighted by Crippen LogP contribution is -2.22. The van der Waals surface area contributed by atoms with Gasteiger partial charge in [-0.1, -0.05) is 47.1 Å². The summed E-state index contributed by atoms with van der Waals surface area (Å²) in [4.78, 5) is 0. The Hall–Kier alpha value is -1.32. The molecule has 0 bridgehead atoms. The molecular weight excluding hydrogens is 314 g/mol. The van der Waals surface area contributed by atoms with Gasteiger partial charge in [-0.2, -0.15) is 0 Å². The number of nitrogens with one attached hydrogen (secondary N) is 1. The van der Waals surface area contributed by atoms with Gasteiger partial charge < -0.3 is 10.1 Å². The summed E-state index contributed by atoms with van der Waals surface area (Å²) in [5.74, 6) is 1.04. The molecule has 1 N–H and O–H groups in total. The van der Waals surface area contributed by atoms with E-state index in [0.717, 1.165) is 29.8 Å². The highest BCUT2D eigenvalue weighted by Crippen LogP contribution is 2.31. The summed E-state index contributed by atoms with van der Waals surface area (Å²) in [5.41, 5.74) is 3.91. The van der Waals surface area contributed by atoms with Gasteiger partial charge in [-0.3, -0.25) is 0 Å². The first-order valence-electron chi connectivity index (χ1n) is 7.02. The van der Waals surface area contributed by atoms with Crippen molar-refractivity contribution in [3.05, 3.63) is 63.6 Å². The highest BCUT2D eigenvalue weighted by atomic mass is 79.9. The minimum atomic E-state index is 0.235. The lowest BCUT2D eigenvalue weighted by Gasteiger charge is -2.19. The number of rotatable bonds is 4. The molecule has 0 saturated heterocycles. The standard InChI is InChI=1S/C17H18BrNO/c1-2-19-17(12-3-6-15(18)7-4-12)14-5-8-16-13(11-14)9-10-20-16/h3-8,11,17,19H,2,9-10H2,1H3. The Morgan fingerprint density at radius 1 is 1.15 bits per heavy atom. The first-order chi connectivity index (χ1) is 9.78. The zero-order valence-electron chi connectivity index (χ0n) is 11.5. The van der Waals surface area contributed by atoms with E-state index < -0.39 is 0 Å². The molecule has 0 aliphatic carbocycles. The summed E-state index contributed by atoms with van der Waals surface area (Å²) in [6, 6.07) is 15.3. The van der Waals surface area contributed by atoms with E-state index in [-0.39, 0.29) is 6.04 Å². The average Bonchev–Trinajstić information content (AvgIpc) is 2.93. The van der Waals surface area contributed by atoms with Gasteiger partial charge in [-0.15, -0.1) is 0 Å². The molecule has 1 heterocycles. The molecule has 0 radical (unpaired) electrons. The van der Waals surface area contributed by atoms with E-state index in [0.29, 0.717) is 0 Å². The van der Waals surface area contributed by atoms with E-state index in [2.05, 4.69) is 70.6 Å². The third-order valence-corrected chi connectivity index (χ3v) is 4.19. The zero-order valence-corrected chi connectivity index (χ0v) is 13.1. The lowest BCUT2D eigenvalue weighted by atomic mass is 9.96. The lowest BCUT2D eigenvalue weighted by molar-refractivity contribution is 0.357. The van der Waals surface area contributed by atoms with E-state index in [9.17, 15) is 0 Å². The molecule has 0 amide bonds. The van der Waals surface area contributed by atoms with Crippen LogP contribution in [0.25, 0.3) is 0 Å². The number of hydrogen-bond donors (Lipinski definition) is 1. The maximum Gasteiger partial charge on any atom is 0.122 e. The molecule has 1 aliphatic rings. The third-order valence-electron chi connectivity index (χ3n) is 3.66. The van der Waals surface area contributed by atoms with Gasteiger partial charge in [0.15, 0.2) is 0 Å². The maximum atomic E-state index is 5.59. The van der Waals surface area contributed by atoms with Crippen LogP contribution in [0.4, 0.5) is 0 Å². The van der Waals surface area contributed by atoms with Gasteiger partial charge in [-0.25, -0.2) is 0 Å². The van der Waals surface area contributed by atoms with E-state index in [1.165, 1.54) is 16.7 Å². The Balaban J connectivity index is 1.95. The van der Waals surface area contributed by atoms with Crippen LogP contribution in [-0.2, 0) is 6.42 Å². The first kappa shape index (κ1) is 13.7. The normalized spacial score (nSPS) is 14.7. The highest BCUT2D eigenvalue weighted by Gasteiger charge is 2.17. The van der Waals surface area contributed by atoms with E-state index >= 15 is 0 Å². The number of ether oxygens (including phenoxy) is 1. The Morgan fingerprint density at radius 3 is 2.65 bits per heavy atom. The smallest absolute Gasteiger partial charge is 0.122 e. The topological polar surface area (TPSA) is 21.3 Å². The minimum Gasteiger partial charge on any atom is -0.493 e. The fraction of sp³-hybridized carbons (Fsp3) is 0.294. The Kier molecular flexibility index (Phi) is 4.08. The Labute approximate surface area is 128 Å². The molecule has 2 aromatic rings. The quantitative estimate of drug-likeness (QED) is 0.911. The molecule has 20 heavy (non-hydrogen) atoms. The number of halogens is 1. The predicted octanol–water partition coefficient (Wildman–Crippen LogP) is 4.08. The summed E-state index contributed by atoms with van der Waals surface area (Å²) in [5, 5.41) is 3.57. The van der Waals surface area contributed by atoms with Crippen molar-refractivity contribution < 1.29 is 4.74 Å². The molecule has 1 aliphatic heterocycles. The molecular formula is C17H18BrNO. The molecule has 0 fully saturated rings. The monoisotopic (exact) mass is 331 g/mol. The van der Waals surface area contributed by atoms with E-state index in [1.54, 1.807) is 0 Å². The fourth-order valence-electron chi connectivity index (χ4n) is 2.67. The molecule has 2 aromatic carbocycles. The average molecular weight is 332 g/mol. The number of benzene rings is 2. The van der Waals surface area contributed by atoms with Crippen molar-refractivity contribution in [2.24, 2.45) is 0 Å². The number of fused-ring (bicyclic) bond motifs is 1. The van der Waals surface area contributed by atoms with Crippen LogP contribution in [0, 0.1) is 0 Å². The maximum absolute atomic E-state index is 5.59. The molecule has 0 aromatic heterocycles. The molecule has 3 heteroatoms. The van der Waals surface area contributed by atoms with Crippen molar-refractivity contribution >= 4 is 15.9 Å².